The van der Waals surface area contributed by atoms with Crippen molar-refractivity contribution < 1.29 is 9.32 Å². The minimum atomic E-state index is 0.122. The Balaban J connectivity index is 1.27. The molecule has 2 fully saturated rings. The molecule has 35 heavy (non-hydrogen) atoms. The molecule has 9 heteroatoms. The van der Waals surface area contributed by atoms with E-state index in [9.17, 15) is 4.79 Å². The maximum Gasteiger partial charge on any atom is 0.244 e. The first-order valence-electron chi connectivity index (χ1n) is 12.3. The molecule has 5 rings (SSSR count). The van der Waals surface area contributed by atoms with Gasteiger partial charge in [-0.1, -0.05) is 17.3 Å². The number of rotatable bonds is 6. The smallest absolute Gasteiger partial charge is 0.244 e. The maximum absolute atomic E-state index is 11.6. The number of piperazine rings is 1. The highest BCUT2D eigenvalue weighted by atomic mass is 16.5. The van der Waals surface area contributed by atoms with Gasteiger partial charge in [-0.15, -0.1) is 0 Å². The zero-order valence-electron chi connectivity index (χ0n) is 20.7. The van der Waals surface area contributed by atoms with E-state index >= 15 is 0 Å². The zero-order chi connectivity index (χ0) is 24.4. The molecule has 9 nitrogen and oxygen atoms in total. The molecule has 0 unspecified atom stereocenters. The van der Waals surface area contributed by atoms with Crippen molar-refractivity contribution in [3.8, 4) is 11.4 Å². The summed E-state index contributed by atoms with van der Waals surface area (Å²) in [5.41, 5.74) is 3.37. The van der Waals surface area contributed by atoms with E-state index in [-0.39, 0.29) is 11.9 Å². The zero-order valence-corrected chi connectivity index (χ0v) is 20.7. The number of carbonyl (C=O) groups is 1. The van der Waals surface area contributed by atoms with Crippen LogP contribution in [0, 0.1) is 0 Å². The van der Waals surface area contributed by atoms with Gasteiger partial charge >= 0.3 is 0 Å². The van der Waals surface area contributed by atoms with Crippen molar-refractivity contribution >= 4 is 17.4 Å². The fourth-order valence-electron chi connectivity index (χ4n) is 4.90. The van der Waals surface area contributed by atoms with Crippen LogP contribution in [0.1, 0.15) is 37.3 Å². The lowest BCUT2D eigenvalue weighted by Gasteiger charge is -2.34. The van der Waals surface area contributed by atoms with Crippen molar-refractivity contribution in [1.29, 1.82) is 0 Å². The Hall–Kier alpha value is -3.46. The number of carbonyl (C=O) groups excluding carboxylic acids is 1. The third kappa shape index (κ3) is 5.14. The normalized spacial score (nSPS) is 18.8. The number of aromatic nitrogens is 3. The molecule has 1 amide bonds. The van der Waals surface area contributed by atoms with Gasteiger partial charge in [-0.3, -0.25) is 9.69 Å². The number of nitrogens with zero attached hydrogens (tertiary/aromatic N) is 7. The van der Waals surface area contributed by atoms with E-state index in [4.69, 9.17) is 9.51 Å². The minimum absolute atomic E-state index is 0.122. The van der Waals surface area contributed by atoms with E-state index in [2.05, 4.69) is 63.2 Å². The van der Waals surface area contributed by atoms with Crippen LogP contribution < -0.4 is 9.80 Å². The largest absolute Gasteiger partial charge is 0.378 e. The van der Waals surface area contributed by atoms with E-state index in [1.165, 1.54) is 11.3 Å². The van der Waals surface area contributed by atoms with Crippen LogP contribution >= 0.6 is 0 Å². The van der Waals surface area contributed by atoms with Crippen LogP contribution in [0.25, 0.3) is 11.4 Å². The summed E-state index contributed by atoms with van der Waals surface area (Å²) in [6.07, 6.45) is 3.92. The third-order valence-corrected chi connectivity index (χ3v) is 6.98. The topological polar surface area (TPSA) is 81.8 Å². The Morgan fingerprint density at radius 1 is 1.09 bits per heavy atom. The second kappa shape index (κ2) is 10.0. The molecule has 0 aliphatic carbocycles. The first-order valence-corrected chi connectivity index (χ1v) is 12.3. The van der Waals surface area contributed by atoms with Gasteiger partial charge in [0.2, 0.25) is 17.6 Å². The number of benzene rings is 1. The SMILES string of the molecule is CC(=O)N1CCN(c2cc(-c3noc([C@@H]4CCCN4Cc4ccc(N(C)C)cc4)n3)ccn2)CC1. The Morgan fingerprint density at radius 2 is 1.86 bits per heavy atom. The Bertz CT molecular complexity index is 1150. The standard InChI is InChI=1S/C26H33N7O2/c1-19(34)31-13-15-32(16-14-31)24-17-21(10-11-27-24)25-28-26(35-29-25)23-5-4-12-33(23)18-20-6-8-22(9-7-20)30(2)3/h6-11,17,23H,4-5,12-16,18H2,1-3H3/t23-/m0/s1. The number of amides is 1. The van der Waals surface area contributed by atoms with Crippen LogP contribution in [0.4, 0.5) is 11.5 Å². The van der Waals surface area contributed by atoms with Gasteiger partial charge in [0.25, 0.3) is 0 Å². The predicted molar refractivity (Wildman–Crippen MR) is 135 cm³/mol. The molecule has 2 aliphatic heterocycles. The first kappa shape index (κ1) is 23.3. The van der Waals surface area contributed by atoms with Gasteiger partial charge in [0.05, 0.1) is 6.04 Å². The Labute approximate surface area is 206 Å². The van der Waals surface area contributed by atoms with Crippen LogP contribution in [-0.4, -0.2) is 77.7 Å². The van der Waals surface area contributed by atoms with Gasteiger partial charge in [-0.05, 0) is 49.2 Å². The second-order valence-electron chi connectivity index (χ2n) is 9.54. The lowest BCUT2D eigenvalue weighted by Crippen LogP contribution is -2.48. The molecule has 2 aromatic heterocycles. The highest BCUT2D eigenvalue weighted by Crippen LogP contribution is 2.33. The summed E-state index contributed by atoms with van der Waals surface area (Å²) >= 11 is 0. The fraction of sp³-hybridized carbons (Fsp3) is 0.462. The predicted octanol–water partition coefficient (Wildman–Crippen LogP) is 3.20. The van der Waals surface area contributed by atoms with Crippen molar-refractivity contribution in [2.45, 2.75) is 32.4 Å². The van der Waals surface area contributed by atoms with Gasteiger partial charge in [0.15, 0.2) is 0 Å². The van der Waals surface area contributed by atoms with E-state index in [0.717, 1.165) is 50.4 Å². The quantitative estimate of drug-likeness (QED) is 0.538. The molecule has 1 atom stereocenters. The van der Waals surface area contributed by atoms with Crippen LogP contribution in [-0.2, 0) is 11.3 Å². The summed E-state index contributed by atoms with van der Waals surface area (Å²) in [6.45, 7) is 6.45. The molecule has 2 aliphatic rings. The molecular formula is C26H33N7O2. The molecule has 184 valence electrons. The van der Waals surface area contributed by atoms with Crippen LogP contribution in [0.2, 0.25) is 0 Å². The van der Waals surface area contributed by atoms with E-state index in [1.807, 2.05) is 17.0 Å². The average Bonchev–Trinajstić information content (AvgIpc) is 3.54. The number of hydrogen-bond acceptors (Lipinski definition) is 8. The summed E-state index contributed by atoms with van der Waals surface area (Å²) in [5.74, 6) is 2.27. The van der Waals surface area contributed by atoms with Crippen molar-refractivity contribution in [2.75, 3.05) is 56.6 Å². The molecule has 0 saturated carbocycles. The molecule has 4 heterocycles. The highest BCUT2D eigenvalue weighted by molar-refractivity contribution is 5.73. The molecule has 1 aromatic carbocycles. The number of hydrogen-bond donors (Lipinski definition) is 0. The van der Waals surface area contributed by atoms with Crippen molar-refractivity contribution in [1.82, 2.24) is 24.9 Å². The van der Waals surface area contributed by atoms with E-state index < -0.39 is 0 Å². The van der Waals surface area contributed by atoms with Gasteiger partial charge in [-0.2, -0.15) is 4.98 Å². The Morgan fingerprint density at radius 3 is 2.57 bits per heavy atom. The van der Waals surface area contributed by atoms with E-state index in [1.54, 1.807) is 13.1 Å². The second-order valence-corrected chi connectivity index (χ2v) is 9.54. The monoisotopic (exact) mass is 475 g/mol. The summed E-state index contributed by atoms with van der Waals surface area (Å²) in [6, 6.07) is 12.8. The van der Waals surface area contributed by atoms with Crippen molar-refractivity contribution in [3.63, 3.8) is 0 Å². The molecule has 0 radical (unpaired) electrons. The highest BCUT2D eigenvalue weighted by Gasteiger charge is 2.31. The number of pyridine rings is 1. The molecule has 2 saturated heterocycles. The van der Waals surface area contributed by atoms with Crippen LogP contribution in [0.5, 0.6) is 0 Å². The van der Waals surface area contributed by atoms with Crippen LogP contribution in [0.15, 0.2) is 47.1 Å². The minimum Gasteiger partial charge on any atom is -0.378 e. The summed E-state index contributed by atoms with van der Waals surface area (Å²) < 4.78 is 5.76. The molecule has 0 N–H and O–H groups in total. The lowest BCUT2D eigenvalue weighted by atomic mass is 10.1. The van der Waals surface area contributed by atoms with Gasteiger partial charge in [0.1, 0.15) is 5.82 Å². The number of anilines is 2. The summed E-state index contributed by atoms with van der Waals surface area (Å²) in [5, 5.41) is 4.31. The van der Waals surface area contributed by atoms with E-state index in [0.29, 0.717) is 24.8 Å². The van der Waals surface area contributed by atoms with Gasteiger partial charge < -0.3 is 19.2 Å². The first-order chi connectivity index (χ1) is 17.0. The van der Waals surface area contributed by atoms with Crippen molar-refractivity contribution in [3.05, 3.63) is 54.0 Å². The van der Waals surface area contributed by atoms with Gasteiger partial charge in [-0.25, -0.2) is 4.98 Å². The third-order valence-electron chi connectivity index (χ3n) is 6.98. The van der Waals surface area contributed by atoms with Crippen LogP contribution in [0.3, 0.4) is 0 Å². The lowest BCUT2D eigenvalue weighted by molar-refractivity contribution is -0.129. The average molecular weight is 476 g/mol. The van der Waals surface area contributed by atoms with Crippen molar-refractivity contribution in [2.24, 2.45) is 0 Å². The number of likely N-dealkylation sites (tertiary alicyclic amines) is 1. The summed E-state index contributed by atoms with van der Waals surface area (Å²) in [7, 11) is 4.11. The molecule has 0 spiro atoms. The fourth-order valence-corrected chi connectivity index (χ4v) is 4.90. The Kier molecular flexibility index (Phi) is 6.68. The summed E-state index contributed by atoms with van der Waals surface area (Å²) in [4.78, 5) is 29.6. The molecule has 3 aromatic rings. The molecular weight excluding hydrogens is 442 g/mol. The maximum atomic E-state index is 11.6. The van der Waals surface area contributed by atoms with Gasteiger partial charge in [0, 0.05) is 71.2 Å². The molecule has 0 bridgehead atoms.